The number of amides is 1. The molecule has 2 atom stereocenters. The normalized spacial score (nSPS) is 35.1. The number of hydrogen-bond donors (Lipinski definition) is 2. The van der Waals surface area contributed by atoms with Gasteiger partial charge in [-0.2, -0.15) is 0 Å². The van der Waals surface area contributed by atoms with Gasteiger partial charge in [-0.05, 0) is 30.8 Å². The third-order valence-electron chi connectivity index (χ3n) is 2.99. The Bertz CT molecular complexity index is 342. The number of rotatable bonds is 3. The zero-order chi connectivity index (χ0) is 10.3. The molecule has 14 heavy (non-hydrogen) atoms. The van der Waals surface area contributed by atoms with Crippen LogP contribution in [0.15, 0.2) is 0 Å². The molecule has 1 amide bonds. The Hall–Kier alpha value is -0.620. The molecule has 1 aliphatic carbocycles. The zero-order valence-corrected chi connectivity index (χ0v) is 8.80. The summed E-state index contributed by atoms with van der Waals surface area (Å²) in [6.07, 6.45) is 1.35. The highest BCUT2D eigenvalue weighted by atomic mass is 32.2. The first-order valence-corrected chi connectivity index (χ1v) is 6.58. The van der Waals surface area contributed by atoms with Crippen LogP contribution in [0.1, 0.15) is 6.42 Å². The molecular formula is C8H14N2O3S. The molecule has 0 bridgehead atoms. The van der Waals surface area contributed by atoms with Crippen molar-refractivity contribution in [1.82, 2.24) is 10.0 Å². The summed E-state index contributed by atoms with van der Waals surface area (Å²) in [6, 6.07) is 0. The van der Waals surface area contributed by atoms with Crippen LogP contribution in [-0.2, 0) is 14.8 Å². The van der Waals surface area contributed by atoms with Gasteiger partial charge >= 0.3 is 0 Å². The van der Waals surface area contributed by atoms with Gasteiger partial charge in [0, 0.05) is 6.42 Å². The van der Waals surface area contributed by atoms with Gasteiger partial charge in [-0.15, -0.1) is 0 Å². The summed E-state index contributed by atoms with van der Waals surface area (Å²) in [5, 5.41) is 3.22. The maximum absolute atomic E-state index is 11.2. The average molecular weight is 218 g/mol. The number of fused-ring (bicyclic) bond motifs is 1. The Labute approximate surface area is 83.3 Å². The van der Waals surface area contributed by atoms with E-state index in [1.807, 2.05) is 4.72 Å². The maximum atomic E-state index is 11.2. The van der Waals surface area contributed by atoms with Gasteiger partial charge in [-0.1, -0.05) is 0 Å². The van der Waals surface area contributed by atoms with Crippen LogP contribution in [0.5, 0.6) is 0 Å². The number of sulfonamides is 1. The summed E-state index contributed by atoms with van der Waals surface area (Å²) in [5.41, 5.74) is 0. The molecule has 2 fully saturated rings. The van der Waals surface area contributed by atoms with Crippen LogP contribution in [0.2, 0.25) is 0 Å². The van der Waals surface area contributed by atoms with Crippen LogP contribution in [-0.4, -0.2) is 33.7 Å². The van der Waals surface area contributed by atoms with Crippen molar-refractivity contribution in [1.29, 1.82) is 0 Å². The molecule has 0 aromatic heterocycles. The summed E-state index contributed by atoms with van der Waals surface area (Å²) in [4.78, 5) is 11.2. The van der Waals surface area contributed by atoms with Crippen LogP contribution < -0.4 is 10.0 Å². The number of carbonyl (C=O) groups excluding carboxylic acids is 1. The molecule has 6 heteroatoms. The van der Waals surface area contributed by atoms with Gasteiger partial charge in [0.25, 0.3) is 0 Å². The van der Waals surface area contributed by atoms with Crippen LogP contribution in [0, 0.1) is 17.8 Å². The molecule has 0 spiro atoms. The van der Waals surface area contributed by atoms with E-state index >= 15 is 0 Å². The zero-order valence-electron chi connectivity index (χ0n) is 7.99. The molecule has 2 unspecified atom stereocenters. The number of piperidine rings is 1. The van der Waals surface area contributed by atoms with Gasteiger partial charge in [0.05, 0.1) is 6.26 Å². The average Bonchev–Trinajstić information content (AvgIpc) is 2.50. The summed E-state index contributed by atoms with van der Waals surface area (Å²) in [5.74, 6) is 1.23. The molecule has 1 heterocycles. The van der Waals surface area contributed by atoms with Crippen molar-refractivity contribution in [2.45, 2.75) is 6.42 Å². The minimum atomic E-state index is -3.38. The maximum Gasteiger partial charge on any atom is 0.233 e. The van der Waals surface area contributed by atoms with E-state index in [0.717, 1.165) is 19.3 Å². The lowest BCUT2D eigenvalue weighted by Crippen LogP contribution is -2.30. The quantitative estimate of drug-likeness (QED) is 0.631. The minimum Gasteiger partial charge on any atom is -0.316 e. The second kappa shape index (κ2) is 3.20. The third-order valence-corrected chi connectivity index (χ3v) is 3.59. The molecule has 2 N–H and O–H groups in total. The highest BCUT2D eigenvalue weighted by Crippen LogP contribution is 2.50. The van der Waals surface area contributed by atoms with E-state index in [1.165, 1.54) is 0 Å². The highest BCUT2D eigenvalue weighted by Gasteiger charge is 2.53. The van der Waals surface area contributed by atoms with Gasteiger partial charge < -0.3 is 5.32 Å². The first-order valence-electron chi connectivity index (χ1n) is 4.69. The Morgan fingerprint density at radius 2 is 2.00 bits per heavy atom. The summed E-state index contributed by atoms with van der Waals surface area (Å²) in [6.45, 7) is 1.95. The molecule has 1 aliphatic heterocycles. The molecule has 1 saturated heterocycles. The third kappa shape index (κ3) is 2.06. The predicted octanol–water partition coefficient (Wildman–Crippen LogP) is -1.08. The van der Waals surface area contributed by atoms with E-state index in [9.17, 15) is 13.2 Å². The standard InChI is InChI=1S/C8H14N2O3S/c1-14(12,13)10-8(11)2-5-6-3-9-4-7(5)6/h5-7,9H,2-4H2,1H3,(H,10,11). The van der Waals surface area contributed by atoms with Gasteiger partial charge in [0.15, 0.2) is 0 Å². The first kappa shape index (κ1) is 9.92. The number of hydrogen-bond acceptors (Lipinski definition) is 4. The summed E-state index contributed by atoms with van der Waals surface area (Å²) in [7, 11) is -3.38. The number of carbonyl (C=O) groups is 1. The Morgan fingerprint density at radius 1 is 1.43 bits per heavy atom. The van der Waals surface area contributed by atoms with Crippen molar-refractivity contribution in [2.24, 2.45) is 17.8 Å². The predicted molar refractivity (Wildman–Crippen MR) is 50.9 cm³/mol. The van der Waals surface area contributed by atoms with Crippen LogP contribution in [0.4, 0.5) is 0 Å². The SMILES string of the molecule is CS(=O)(=O)NC(=O)CC1C2CNCC21. The molecule has 2 rings (SSSR count). The summed E-state index contributed by atoms with van der Waals surface area (Å²) < 4.78 is 23.5. The number of nitrogens with one attached hydrogen (secondary N) is 2. The fraction of sp³-hybridized carbons (Fsp3) is 0.875. The van der Waals surface area contributed by atoms with E-state index in [2.05, 4.69) is 5.32 Å². The fourth-order valence-corrected chi connectivity index (χ4v) is 2.81. The molecule has 0 radical (unpaired) electrons. The van der Waals surface area contributed by atoms with Crippen LogP contribution in [0.25, 0.3) is 0 Å². The minimum absolute atomic E-state index is 0.351. The van der Waals surface area contributed by atoms with Crippen molar-refractivity contribution in [3.8, 4) is 0 Å². The van der Waals surface area contributed by atoms with E-state index < -0.39 is 10.0 Å². The van der Waals surface area contributed by atoms with Gasteiger partial charge in [-0.3, -0.25) is 9.52 Å². The lowest BCUT2D eigenvalue weighted by molar-refractivity contribution is -0.119. The van der Waals surface area contributed by atoms with Gasteiger partial charge in [0.1, 0.15) is 0 Å². The van der Waals surface area contributed by atoms with Crippen molar-refractivity contribution in [3.63, 3.8) is 0 Å². The van der Waals surface area contributed by atoms with Crippen LogP contribution >= 0.6 is 0 Å². The molecule has 2 aliphatic rings. The lowest BCUT2D eigenvalue weighted by atomic mass is 10.2. The van der Waals surface area contributed by atoms with Crippen molar-refractivity contribution in [3.05, 3.63) is 0 Å². The Balaban J connectivity index is 1.80. The topological polar surface area (TPSA) is 75.3 Å². The molecule has 0 aromatic carbocycles. The molecule has 0 aromatic rings. The lowest BCUT2D eigenvalue weighted by Gasteiger charge is -2.04. The van der Waals surface area contributed by atoms with E-state index in [1.54, 1.807) is 0 Å². The molecule has 80 valence electrons. The molecule has 1 saturated carbocycles. The van der Waals surface area contributed by atoms with Crippen molar-refractivity contribution < 1.29 is 13.2 Å². The second-order valence-electron chi connectivity index (χ2n) is 4.15. The van der Waals surface area contributed by atoms with E-state index in [0.29, 0.717) is 24.2 Å². The second-order valence-corrected chi connectivity index (χ2v) is 5.90. The molecule has 5 nitrogen and oxygen atoms in total. The Morgan fingerprint density at radius 3 is 2.50 bits per heavy atom. The summed E-state index contributed by atoms with van der Waals surface area (Å²) >= 11 is 0. The first-order chi connectivity index (χ1) is 6.47. The van der Waals surface area contributed by atoms with E-state index in [4.69, 9.17) is 0 Å². The largest absolute Gasteiger partial charge is 0.316 e. The highest BCUT2D eigenvalue weighted by molar-refractivity contribution is 7.89. The van der Waals surface area contributed by atoms with Crippen molar-refractivity contribution >= 4 is 15.9 Å². The van der Waals surface area contributed by atoms with E-state index in [-0.39, 0.29) is 5.91 Å². The van der Waals surface area contributed by atoms with Gasteiger partial charge in [-0.25, -0.2) is 8.42 Å². The molecular weight excluding hydrogens is 204 g/mol. The monoisotopic (exact) mass is 218 g/mol. The van der Waals surface area contributed by atoms with Gasteiger partial charge in [0.2, 0.25) is 15.9 Å². The fourth-order valence-electron chi connectivity index (χ4n) is 2.31. The van der Waals surface area contributed by atoms with Crippen molar-refractivity contribution in [2.75, 3.05) is 19.3 Å². The van der Waals surface area contributed by atoms with Crippen LogP contribution in [0.3, 0.4) is 0 Å². The smallest absolute Gasteiger partial charge is 0.233 e. The Kier molecular flexibility index (Phi) is 2.27.